The monoisotopic (exact) mass is 156 g/mol. The first-order chi connectivity index (χ1) is 5.35. The molecule has 0 bridgehead atoms. The van der Waals surface area contributed by atoms with Gasteiger partial charge in [-0.3, -0.25) is 0 Å². The zero-order valence-corrected chi connectivity index (χ0v) is 8.02. The lowest BCUT2D eigenvalue weighted by Crippen LogP contribution is -1.85. The largest absolute Gasteiger partial charge is 0.502 e. The molecule has 0 saturated carbocycles. The molecule has 0 amide bonds. The van der Waals surface area contributed by atoms with Crippen molar-refractivity contribution in [3.63, 3.8) is 0 Å². The maximum Gasteiger partial charge on any atom is 0.0845 e. The second kappa shape index (κ2) is 7.64. The van der Waals surface area contributed by atoms with Crippen LogP contribution in [-0.4, -0.2) is 6.61 Å². The number of unbranched alkanes of at least 4 members (excludes halogenated alkanes) is 1. The summed E-state index contributed by atoms with van der Waals surface area (Å²) in [5.74, 6) is 0. The molecular weight excluding hydrogens is 136 g/mol. The topological polar surface area (TPSA) is 9.23 Å². The lowest BCUT2D eigenvalue weighted by molar-refractivity contribution is 0.264. The minimum atomic E-state index is 0.787. The molecule has 0 aliphatic heterocycles. The van der Waals surface area contributed by atoms with Crippen LogP contribution < -0.4 is 0 Å². The summed E-state index contributed by atoms with van der Waals surface area (Å²) in [7, 11) is 0. The van der Waals surface area contributed by atoms with Crippen LogP contribution in [0.25, 0.3) is 0 Å². The number of rotatable bonds is 6. The smallest absolute Gasteiger partial charge is 0.0845 e. The molecule has 0 aromatic rings. The summed E-state index contributed by atoms with van der Waals surface area (Å²) in [5, 5.41) is 0. The predicted octanol–water partition coefficient (Wildman–Crippen LogP) is 3.51. The third-order valence-corrected chi connectivity index (χ3v) is 1.72. The minimum absolute atomic E-state index is 0.787. The Bertz CT molecular complexity index is 105. The molecule has 0 radical (unpaired) electrons. The van der Waals surface area contributed by atoms with E-state index in [-0.39, 0.29) is 0 Å². The van der Waals surface area contributed by atoms with E-state index >= 15 is 0 Å². The first-order valence-corrected chi connectivity index (χ1v) is 4.64. The molecule has 0 aromatic heterocycles. The Labute approximate surface area is 70.4 Å². The second-order valence-electron chi connectivity index (χ2n) is 2.69. The van der Waals surface area contributed by atoms with E-state index in [1.165, 1.54) is 24.8 Å². The summed E-state index contributed by atoms with van der Waals surface area (Å²) >= 11 is 0. The van der Waals surface area contributed by atoms with Crippen LogP contribution in [0.1, 0.15) is 46.5 Å². The molecule has 1 nitrogen and oxygen atoms in total. The molecule has 0 spiro atoms. The standard InChI is InChI=1S/C10H20O/c1-4-7-8-10(5-2)9-11-6-3/h9H,4-8H2,1-3H3. The Hall–Kier alpha value is -0.460. The highest BCUT2D eigenvalue weighted by atomic mass is 16.5. The van der Waals surface area contributed by atoms with Gasteiger partial charge in [0.2, 0.25) is 0 Å². The number of hydrogen-bond acceptors (Lipinski definition) is 1. The number of ether oxygens (including phenoxy) is 1. The SMILES string of the molecule is CCCCC(=COCC)CC. The Morgan fingerprint density at radius 1 is 1.27 bits per heavy atom. The fourth-order valence-electron chi connectivity index (χ4n) is 0.924. The van der Waals surface area contributed by atoms with Crippen molar-refractivity contribution in [3.05, 3.63) is 11.8 Å². The third-order valence-electron chi connectivity index (χ3n) is 1.72. The highest BCUT2D eigenvalue weighted by Gasteiger charge is 1.92. The molecule has 0 saturated heterocycles. The average Bonchev–Trinajstić information content (AvgIpc) is 2.05. The quantitative estimate of drug-likeness (QED) is 0.535. The van der Waals surface area contributed by atoms with Crippen molar-refractivity contribution in [1.29, 1.82) is 0 Å². The van der Waals surface area contributed by atoms with Crippen LogP contribution >= 0.6 is 0 Å². The van der Waals surface area contributed by atoms with Crippen LogP contribution in [0.2, 0.25) is 0 Å². The van der Waals surface area contributed by atoms with Crippen LogP contribution in [0, 0.1) is 0 Å². The molecule has 11 heavy (non-hydrogen) atoms. The Morgan fingerprint density at radius 3 is 2.45 bits per heavy atom. The van der Waals surface area contributed by atoms with E-state index in [2.05, 4.69) is 13.8 Å². The van der Waals surface area contributed by atoms with Gasteiger partial charge in [-0.25, -0.2) is 0 Å². The van der Waals surface area contributed by atoms with Crippen LogP contribution in [0.3, 0.4) is 0 Å². The molecule has 0 heterocycles. The Morgan fingerprint density at radius 2 is 2.00 bits per heavy atom. The molecular formula is C10H20O. The summed E-state index contributed by atoms with van der Waals surface area (Å²) in [6.45, 7) is 7.20. The van der Waals surface area contributed by atoms with Gasteiger partial charge in [0.05, 0.1) is 12.9 Å². The molecule has 1 heteroatoms. The fraction of sp³-hybridized carbons (Fsp3) is 0.800. The van der Waals surface area contributed by atoms with E-state index < -0.39 is 0 Å². The van der Waals surface area contributed by atoms with E-state index in [4.69, 9.17) is 4.74 Å². The summed E-state index contributed by atoms with van der Waals surface area (Å²) < 4.78 is 5.22. The molecule has 66 valence electrons. The molecule has 0 N–H and O–H groups in total. The number of hydrogen-bond donors (Lipinski definition) is 0. The maximum absolute atomic E-state index is 5.22. The van der Waals surface area contributed by atoms with Gasteiger partial charge in [-0.05, 0) is 31.8 Å². The van der Waals surface area contributed by atoms with Crippen molar-refractivity contribution in [1.82, 2.24) is 0 Å². The van der Waals surface area contributed by atoms with E-state index in [0.29, 0.717) is 0 Å². The van der Waals surface area contributed by atoms with Gasteiger partial charge in [0, 0.05) is 0 Å². The van der Waals surface area contributed by atoms with Gasteiger partial charge in [-0.15, -0.1) is 0 Å². The molecule has 0 rings (SSSR count). The van der Waals surface area contributed by atoms with Gasteiger partial charge in [-0.1, -0.05) is 20.3 Å². The summed E-state index contributed by atoms with van der Waals surface area (Å²) in [6.07, 6.45) is 6.80. The van der Waals surface area contributed by atoms with Gasteiger partial charge in [0.25, 0.3) is 0 Å². The maximum atomic E-state index is 5.22. The average molecular weight is 156 g/mol. The normalized spacial score (nSPS) is 11.7. The van der Waals surface area contributed by atoms with Crippen molar-refractivity contribution in [3.8, 4) is 0 Å². The van der Waals surface area contributed by atoms with E-state index in [0.717, 1.165) is 13.0 Å². The molecule has 0 aromatic carbocycles. The molecule has 0 aliphatic carbocycles. The van der Waals surface area contributed by atoms with Crippen molar-refractivity contribution in [2.75, 3.05) is 6.61 Å². The molecule has 0 fully saturated rings. The minimum Gasteiger partial charge on any atom is -0.502 e. The van der Waals surface area contributed by atoms with Crippen molar-refractivity contribution in [2.24, 2.45) is 0 Å². The number of allylic oxidation sites excluding steroid dienone is 1. The first kappa shape index (κ1) is 10.5. The fourth-order valence-corrected chi connectivity index (χ4v) is 0.924. The van der Waals surface area contributed by atoms with E-state index in [1.807, 2.05) is 13.2 Å². The Balaban J connectivity index is 3.55. The summed E-state index contributed by atoms with van der Waals surface area (Å²) in [6, 6.07) is 0. The highest BCUT2D eigenvalue weighted by molar-refractivity contribution is 4.96. The van der Waals surface area contributed by atoms with Crippen molar-refractivity contribution in [2.45, 2.75) is 46.5 Å². The van der Waals surface area contributed by atoms with Crippen LogP contribution in [0.15, 0.2) is 11.8 Å². The van der Waals surface area contributed by atoms with Crippen molar-refractivity contribution >= 4 is 0 Å². The summed E-state index contributed by atoms with van der Waals surface area (Å²) in [4.78, 5) is 0. The first-order valence-electron chi connectivity index (χ1n) is 4.64. The third kappa shape index (κ3) is 5.96. The predicted molar refractivity (Wildman–Crippen MR) is 49.5 cm³/mol. The van der Waals surface area contributed by atoms with Gasteiger partial charge in [0.15, 0.2) is 0 Å². The van der Waals surface area contributed by atoms with E-state index in [1.54, 1.807) is 0 Å². The lowest BCUT2D eigenvalue weighted by Gasteiger charge is -2.03. The molecule has 0 aliphatic rings. The van der Waals surface area contributed by atoms with Crippen LogP contribution in [0.5, 0.6) is 0 Å². The zero-order valence-electron chi connectivity index (χ0n) is 8.02. The molecule has 0 atom stereocenters. The van der Waals surface area contributed by atoms with Crippen molar-refractivity contribution < 1.29 is 4.74 Å². The van der Waals surface area contributed by atoms with Gasteiger partial charge >= 0.3 is 0 Å². The summed E-state index contributed by atoms with van der Waals surface area (Å²) in [5.41, 5.74) is 1.44. The Kier molecular flexibility index (Phi) is 7.33. The van der Waals surface area contributed by atoms with Gasteiger partial charge < -0.3 is 4.74 Å². The van der Waals surface area contributed by atoms with Gasteiger partial charge in [-0.2, -0.15) is 0 Å². The van der Waals surface area contributed by atoms with E-state index in [9.17, 15) is 0 Å². The van der Waals surface area contributed by atoms with Crippen LogP contribution in [-0.2, 0) is 4.74 Å². The second-order valence-corrected chi connectivity index (χ2v) is 2.69. The zero-order chi connectivity index (χ0) is 8.53. The highest BCUT2D eigenvalue weighted by Crippen LogP contribution is 2.10. The van der Waals surface area contributed by atoms with Crippen LogP contribution in [0.4, 0.5) is 0 Å². The lowest BCUT2D eigenvalue weighted by atomic mass is 10.1. The van der Waals surface area contributed by atoms with Gasteiger partial charge in [0.1, 0.15) is 0 Å². The molecule has 0 unspecified atom stereocenters.